The molecule has 0 saturated carbocycles. The molecule has 1 unspecified atom stereocenters. The van der Waals surface area contributed by atoms with Crippen molar-refractivity contribution in [2.75, 3.05) is 5.32 Å². The lowest BCUT2D eigenvalue weighted by Crippen LogP contribution is -2.11. The molecule has 0 aliphatic rings. The van der Waals surface area contributed by atoms with Crippen LogP contribution in [0.1, 0.15) is 37.8 Å². The number of nitrogens with one attached hydrogen (secondary N) is 1. The first-order valence-corrected chi connectivity index (χ1v) is 7.08. The van der Waals surface area contributed by atoms with Crippen molar-refractivity contribution in [3.8, 4) is 0 Å². The molecule has 2 rings (SSSR count). The van der Waals surface area contributed by atoms with E-state index in [9.17, 15) is 13.2 Å². The Bertz CT molecular complexity index is 561. The smallest absolute Gasteiger partial charge is 0.194 e. The summed E-state index contributed by atoms with van der Waals surface area (Å²) in [7, 11) is 0. The van der Waals surface area contributed by atoms with Gasteiger partial charge in [0.05, 0.1) is 6.04 Å². The molecule has 2 aromatic rings. The van der Waals surface area contributed by atoms with Gasteiger partial charge in [0.2, 0.25) is 0 Å². The zero-order valence-corrected chi connectivity index (χ0v) is 11.9. The standard InChI is InChI=1S/C17H18F3N/c1-2-3-9-16(12-7-5-4-6-8-12)21-13-10-14(18)17(20)15(19)11-13/h4-8,10-11,16,21H,2-3,9H2,1H3. The molecule has 0 spiro atoms. The maximum atomic E-state index is 13.3. The molecule has 0 bridgehead atoms. The summed E-state index contributed by atoms with van der Waals surface area (Å²) in [5.41, 5.74) is 1.28. The fourth-order valence-corrected chi connectivity index (χ4v) is 2.26. The van der Waals surface area contributed by atoms with Crippen LogP contribution in [0.15, 0.2) is 42.5 Å². The third-order valence-corrected chi connectivity index (χ3v) is 3.37. The molecule has 112 valence electrons. The van der Waals surface area contributed by atoms with E-state index < -0.39 is 17.5 Å². The van der Waals surface area contributed by atoms with Crippen LogP contribution in [0, 0.1) is 17.5 Å². The number of rotatable bonds is 6. The molecular formula is C17H18F3N. The van der Waals surface area contributed by atoms with Crippen molar-refractivity contribution in [3.05, 3.63) is 65.5 Å². The normalized spacial score (nSPS) is 12.2. The van der Waals surface area contributed by atoms with Crippen LogP contribution < -0.4 is 5.32 Å². The SMILES string of the molecule is CCCCC(Nc1cc(F)c(F)c(F)c1)c1ccccc1. The van der Waals surface area contributed by atoms with E-state index in [0.717, 1.165) is 37.0 Å². The monoisotopic (exact) mass is 293 g/mol. The van der Waals surface area contributed by atoms with Crippen molar-refractivity contribution < 1.29 is 13.2 Å². The lowest BCUT2D eigenvalue weighted by molar-refractivity contribution is 0.447. The summed E-state index contributed by atoms with van der Waals surface area (Å²) in [4.78, 5) is 0. The van der Waals surface area contributed by atoms with Crippen LogP contribution in [0.25, 0.3) is 0 Å². The molecule has 4 heteroatoms. The highest BCUT2D eigenvalue weighted by Gasteiger charge is 2.14. The summed E-state index contributed by atoms with van der Waals surface area (Å²) in [6.45, 7) is 2.08. The number of unbranched alkanes of at least 4 members (excludes halogenated alkanes) is 1. The van der Waals surface area contributed by atoms with Crippen LogP contribution in [0.4, 0.5) is 18.9 Å². The third kappa shape index (κ3) is 4.00. The molecule has 0 aliphatic carbocycles. The fourth-order valence-electron chi connectivity index (χ4n) is 2.26. The van der Waals surface area contributed by atoms with Gasteiger partial charge in [0.1, 0.15) is 0 Å². The Morgan fingerprint density at radius 2 is 1.62 bits per heavy atom. The maximum Gasteiger partial charge on any atom is 0.194 e. The van der Waals surface area contributed by atoms with Gasteiger partial charge in [-0.25, -0.2) is 13.2 Å². The van der Waals surface area contributed by atoms with Crippen molar-refractivity contribution in [3.63, 3.8) is 0 Å². The van der Waals surface area contributed by atoms with E-state index in [2.05, 4.69) is 12.2 Å². The minimum Gasteiger partial charge on any atom is -0.378 e. The molecule has 2 aromatic carbocycles. The lowest BCUT2D eigenvalue weighted by Gasteiger charge is -2.20. The van der Waals surface area contributed by atoms with Crippen LogP contribution >= 0.6 is 0 Å². The van der Waals surface area contributed by atoms with E-state index in [1.54, 1.807) is 0 Å². The Balaban J connectivity index is 2.23. The van der Waals surface area contributed by atoms with Crippen molar-refractivity contribution in [2.24, 2.45) is 0 Å². The van der Waals surface area contributed by atoms with Gasteiger partial charge in [-0.1, -0.05) is 50.1 Å². The van der Waals surface area contributed by atoms with Gasteiger partial charge in [-0.15, -0.1) is 0 Å². The number of halogens is 3. The van der Waals surface area contributed by atoms with Crippen molar-refractivity contribution in [2.45, 2.75) is 32.2 Å². The van der Waals surface area contributed by atoms with Crippen LogP contribution in [-0.4, -0.2) is 0 Å². The number of anilines is 1. The predicted molar refractivity (Wildman–Crippen MR) is 78.6 cm³/mol. The van der Waals surface area contributed by atoms with Gasteiger partial charge in [-0.2, -0.15) is 0 Å². The Morgan fingerprint density at radius 1 is 1.00 bits per heavy atom. The van der Waals surface area contributed by atoms with E-state index in [1.807, 2.05) is 30.3 Å². The molecule has 1 atom stereocenters. The second-order valence-electron chi connectivity index (χ2n) is 5.00. The van der Waals surface area contributed by atoms with Crippen molar-refractivity contribution in [1.82, 2.24) is 0 Å². The Labute approximate surface area is 122 Å². The van der Waals surface area contributed by atoms with Gasteiger partial charge < -0.3 is 5.32 Å². The zero-order valence-electron chi connectivity index (χ0n) is 11.9. The molecule has 0 aliphatic heterocycles. The maximum absolute atomic E-state index is 13.3. The minimum atomic E-state index is -1.44. The first kappa shape index (κ1) is 15.4. The minimum absolute atomic E-state index is 0.0598. The van der Waals surface area contributed by atoms with Crippen molar-refractivity contribution in [1.29, 1.82) is 0 Å². The predicted octanol–water partition coefficient (Wildman–Crippen LogP) is 5.45. The summed E-state index contributed by atoms with van der Waals surface area (Å²) in [5, 5.41) is 3.09. The summed E-state index contributed by atoms with van der Waals surface area (Å²) in [6.07, 6.45) is 2.84. The fraction of sp³-hybridized carbons (Fsp3) is 0.294. The first-order valence-electron chi connectivity index (χ1n) is 7.08. The summed E-state index contributed by atoms with van der Waals surface area (Å²) in [5.74, 6) is -3.80. The largest absolute Gasteiger partial charge is 0.378 e. The average molecular weight is 293 g/mol. The third-order valence-electron chi connectivity index (χ3n) is 3.37. The number of hydrogen-bond acceptors (Lipinski definition) is 1. The van der Waals surface area contributed by atoms with Crippen molar-refractivity contribution >= 4 is 5.69 Å². The van der Waals surface area contributed by atoms with Crippen LogP contribution in [0.3, 0.4) is 0 Å². The highest BCUT2D eigenvalue weighted by atomic mass is 19.2. The molecule has 1 N–H and O–H groups in total. The van der Waals surface area contributed by atoms with Gasteiger partial charge in [0.15, 0.2) is 17.5 Å². The average Bonchev–Trinajstić information content (AvgIpc) is 2.49. The van der Waals surface area contributed by atoms with Gasteiger partial charge in [-0.05, 0) is 12.0 Å². The molecule has 0 fully saturated rings. The quantitative estimate of drug-likeness (QED) is 0.698. The Hall–Kier alpha value is -1.97. The van der Waals surface area contributed by atoms with Gasteiger partial charge in [-0.3, -0.25) is 0 Å². The highest BCUT2D eigenvalue weighted by Crippen LogP contribution is 2.26. The van der Waals surface area contributed by atoms with Gasteiger partial charge in [0, 0.05) is 17.8 Å². The first-order chi connectivity index (χ1) is 10.1. The second-order valence-corrected chi connectivity index (χ2v) is 5.00. The summed E-state index contributed by atoms with van der Waals surface area (Å²) < 4.78 is 39.6. The van der Waals surface area contributed by atoms with Crippen LogP contribution in [-0.2, 0) is 0 Å². The topological polar surface area (TPSA) is 12.0 Å². The molecule has 0 amide bonds. The van der Waals surface area contributed by atoms with E-state index in [-0.39, 0.29) is 11.7 Å². The summed E-state index contributed by atoms with van der Waals surface area (Å²) >= 11 is 0. The summed E-state index contributed by atoms with van der Waals surface area (Å²) in [6, 6.07) is 11.6. The van der Waals surface area contributed by atoms with E-state index in [0.29, 0.717) is 0 Å². The van der Waals surface area contributed by atoms with E-state index in [4.69, 9.17) is 0 Å². The zero-order chi connectivity index (χ0) is 15.2. The second kappa shape index (κ2) is 7.16. The number of hydrogen-bond donors (Lipinski definition) is 1. The molecule has 0 saturated heterocycles. The Morgan fingerprint density at radius 3 is 2.19 bits per heavy atom. The Kier molecular flexibility index (Phi) is 5.26. The van der Waals surface area contributed by atoms with Crippen LogP contribution in [0.5, 0.6) is 0 Å². The highest BCUT2D eigenvalue weighted by molar-refractivity contribution is 5.46. The molecule has 1 nitrogen and oxygen atoms in total. The van der Waals surface area contributed by atoms with Gasteiger partial charge in [0.25, 0.3) is 0 Å². The molecule has 0 aromatic heterocycles. The molecule has 0 radical (unpaired) electrons. The van der Waals surface area contributed by atoms with E-state index in [1.165, 1.54) is 0 Å². The van der Waals surface area contributed by atoms with Crippen LogP contribution in [0.2, 0.25) is 0 Å². The number of benzene rings is 2. The van der Waals surface area contributed by atoms with E-state index >= 15 is 0 Å². The molecule has 0 heterocycles. The van der Waals surface area contributed by atoms with Gasteiger partial charge >= 0.3 is 0 Å². The molecular weight excluding hydrogens is 275 g/mol. The molecule has 21 heavy (non-hydrogen) atoms. The lowest BCUT2D eigenvalue weighted by atomic mass is 10.0.